The Hall–Kier alpha value is -0.220. The first-order chi connectivity index (χ1) is 5.90. The van der Waals surface area contributed by atoms with E-state index in [-0.39, 0.29) is 0 Å². The van der Waals surface area contributed by atoms with Gasteiger partial charge in [-0.05, 0) is 12.8 Å². The molecular weight excluding hydrogens is 188 g/mol. The molecule has 2 heterocycles. The Kier molecular flexibility index (Phi) is 2.56. The summed E-state index contributed by atoms with van der Waals surface area (Å²) >= 11 is 5.93. The molecule has 0 saturated carbocycles. The molecule has 0 spiro atoms. The number of hydrogen-bond donors (Lipinski definition) is 1. The maximum Gasteiger partial charge on any atom is 0.185 e. The molecule has 1 aromatic heterocycles. The quantitative estimate of drug-likeness (QED) is 0.737. The molecule has 1 aliphatic rings. The van der Waals surface area contributed by atoms with Gasteiger partial charge in [-0.15, -0.1) is 11.3 Å². The summed E-state index contributed by atoms with van der Waals surface area (Å²) in [6, 6.07) is 0. The molecule has 1 saturated heterocycles. The summed E-state index contributed by atoms with van der Waals surface area (Å²) in [7, 11) is 0. The third kappa shape index (κ3) is 1.59. The molecular formula is C8H12N2S2. The van der Waals surface area contributed by atoms with E-state index in [0.717, 1.165) is 11.4 Å². The molecule has 0 bridgehead atoms. The Balaban J connectivity index is 2.11. The normalized spacial score (nSPS) is 17.2. The number of thiol groups is 1. The maximum atomic E-state index is 4.48. The summed E-state index contributed by atoms with van der Waals surface area (Å²) in [5.74, 6) is 0.754. The van der Waals surface area contributed by atoms with Crippen LogP contribution in [0.1, 0.15) is 18.5 Å². The Bertz CT molecular complexity index is 253. The zero-order chi connectivity index (χ0) is 8.39. The van der Waals surface area contributed by atoms with Crippen molar-refractivity contribution >= 4 is 29.1 Å². The molecule has 2 rings (SSSR count). The third-order valence-corrected chi connectivity index (χ3v) is 3.35. The minimum Gasteiger partial charge on any atom is -0.348 e. The van der Waals surface area contributed by atoms with Gasteiger partial charge in [0.1, 0.15) is 0 Å². The minimum absolute atomic E-state index is 0.754. The van der Waals surface area contributed by atoms with E-state index in [1.54, 1.807) is 11.3 Å². The van der Waals surface area contributed by atoms with Gasteiger partial charge in [-0.2, -0.15) is 12.6 Å². The van der Waals surface area contributed by atoms with Crippen LogP contribution in [0.15, 0.2) is 5.38 Å². The first kappa shape index (κ1) is 8.38. The van der Waals surface area contributed by atoms with Crippen molar-refractivity contribution in [2.24, 2.45) is 0 Å². The Labute approximate surface area is 82.0 Å². The number of rotatable bonds is 2. The van der Waals surface area contributed by atoms with Crippen LogP contribution in [0.3, 0.4) is 0 Å². The first-order valence-electron chi connectivity index (χ1n) is 4.20. The highest BCUT2D eigenvalue weighted by Gasteiger charge is 2.14. The summed E-state index contributed by atoms with van der Waals surface area (Å²) in [4.78, 5) is 6.84. The van der Waals surface area contributed by atoms with E-state index < -0.39 is 0 Å². The van der Waals surface area contributed by atoms with E-state index in [0.29, 0.717) is 0 Å². The zero-order valence-electron chi connectivity index (χ0n) is 6.86. The third-order valence-electron chi connectivity index (χ3n) is 2.08. The maximum absolute atomic E-state index is 4.48. The molecule has 2 nitrogen and oxygen atoms in total. The number of hydrogen-bond acceptors (Lipinski definition) is 4. The van der Waals surface area contributed by atoms with Crippen molar-refractivity contribution in [3.05, 3.63) is 11.1 Å². The van der Waals surface area contributed by atoms with Crippen molar-refractivity contribution in [1.82, 2.24) is 4.98 Å². The van der Waals surface area contributed by atoms with Gasteiger partial charge < -0.3 is 4.90 Å². The van der Waals surface area contributed by atoms with Crippen molar-refractivity contribution < 1.29 is 0 Å². The Morgan fingerprint density at radius 3 is 2.83 bits per heavy atom. The highest BCUT2D eigenvalue weighted by atomic mass is 32.1. The average Bonchev–Trinajstić information content (AvgIpc) is 2.75. The fraction of sp³-hybridized carbons (Fsp3) is 0.625. The standard InChI is InChI=1S/C8H12N2S2/c11-5-7-6-12-8(9-7)10-3-1-2-4-10/h6,11H,1-5H2. The SMILES string of the molecule is SCc1csc(N2CCCC2)n1. The van der Waals surface area contributed by atoms with Crippen molar-refractivity contribution in [2.45, 2.75) is 18.6 Å². The van der Waals surface area contributed by atoms with Crippen molar-refractivity contribution in [2.75, 3.05) is 18.0 Å². The van der Waals surface area contributed by atoms with Gasteiger partial charge in [0.2, 0.25) is 0 Å². The van der Waals surface area contributed by atoms with Crippen LogP contribution in [-0.2, 0) is 5.75 Å². The van der Waals surface area contributed by atoms with Gasteiger partial charge in [0.25, 0.3) is 0 Å². The van der Waals surface area contributed by atoms with Crippen molar-refractivity contribution in [3.8, 4) is 0 Å². The lowest BCUT2D eigenvalue weighted by molar-refractivity contribution is 0.949. The van der Waals surface area contributed by atoms with Gasteiger partial charge in [-0.25, -0.2) is 4.98 Å². The fourth-order valence-electron chi connectivity index (χ4n) is 1.42. The topological polar surface area (TPSA) is 16.1 Å². The molecule has 66 valence electrons. The van der Waals surface area contributed by atoms with Gasteiger partial charge in [-0.1, -0.05) is 0 Å². The molecule has 1 aromatic rings. The highest BCUT2D eigenvalue weighted by molar-refractivity contribution is 7.79. The molecule has 0 aliphatic carbocycles. The van der Waals surface area contributed by atoms with Crippen LogP contribution in [0, 0.1) is 0 Å². The molecule has 4 heteroatoms. The van der Waals surface area contributed by atoms with E-state index in [4.69, 9.17) is 0 Å². The Morgan fingerprint density at radius 2 is 2.25 bits per heavy atom. The molecule has 0 aromatic carbocycles. The minimum atomic E-state index is 0.754. The highest BCUT2D eigenvalue weighted by Crippen LogP contribution is 2.24. The van der Waals surface area contributed by atoms with E-state index in [9.17, 15) is 0 Å². The van der Waals surface area contributed by atoms with E-state index in [1.807, 2.05) is 0 Å². The van der Waals surface area contributed by atoms with Crippen molar-refractivity contribution in [1.29, 1.82) is 0 Å². The smallest absolute Gasteiger partial charge is 0.185 e. The Morgan fingerprint density at radius 1 is 1.50 bits per heavy atom. The van der Waals surface area contributed by atoms with Gasteiger partial charge in [0.15, 0.2) is 5.13 Å². The predicted octanol–water partition coefficient (Wildman–Crippen LogP) is 2.17. The summed E-state index contributed by atoms with van der Waals surface area (Å²) in [6.45, 7) is 2.36. The molecule has 0 radical (unpaired) electrons. The number of aromatic nitrogens is 1. The van der Waals surface area contributed by atoms with Crippen LogP contribution in [-0.4, -0.2) is 18.1 Å². The molecule has 0 unspecified atom stereocenters. The van der Waals surface area contributed by atoms with Crippen LogP contribution in [0.25, 0.3) is 0 Å². The molecule has 12 heavy (non-hydrogen) atoms. The summed E-state index contributed by atoms with van der Waals surface area (Å²) < 4.78 is 0. The zero-order valence-corrected chi connectivity index (χ0v) is 8.57. The van der Waals surface area contributed by atoms with Crippen LogP contribution < -0.4 is 4.90 Å². The summed E-state index contributed by atoms with van der Waals surface area (Å²) in [6.07, 6.45) is 2.63. The van der Waals surface area contributed by atoms with Crippen LogP contribution in [0.5, 0.6) is 0 Å². The van der Waals surface area contributed by atoms with Gasteiger partial charge in [0, 0.05) is 24.2 Å². The lowest BCUT2D eigenvalue weighted by Gasteiger charge is -2.11. The monoisotopic (exact) mass is 200 g/mol. The molecule has 0 N–H and O–H groups in total. The molecule has 0 atom stereocenters. The molecule has 1 aliphatic heterocycles. The van der Waals surface area contributed by atoms with Crippen LogP contribution in [0.4, 0.5) is 5.13 Å². The van der Waals surface area contributed by atoms with Gasteiger partial charge in [0.05, 0.1) is 5.69 Å². The molecule has 1 fully saturated rings. The summed E-state index contributed by atoms with van der Waals surface area (Å²) in [5.41, 5.74) is 1.10. The lowest BCUT2D eigenvalue weighted by Crippen LogP contribution is -2.17. The average molecular weight is 200 g/mol. The second-order valence-electron chi connectivity index (χ2n) is 2.97. The van der Waals surface area contributed by atoms with Gasteiger partial charge in [-0.3, -0.25) is 0 Å². The summed E-state index contributed by atoms with van der Waals surface area (Å²) in [5, 5.41) is 3.28. The number of thiazole rings is 1. The second-order valence-corrected chi connectivity index (χ2v) is 4.13. The van der Waals surface area contributed by atoms with E-state index in [1.165, 1.54) is 31.1 Å². The lowest BCUT2D eigenvalue weighted by atomic mass is 10.4. The second kappa shape index (κ2) is 3.66. The number of nitrogens with zero attached hydrogens (tertiary/aromatic N) is 2. The van der Waals surface area contributed by atoms with E-state index >= 15 is 0 Å². The van der Waals surface area contributed by atoms with Crippen molar-refractivity contribution in [3.63, 3.8) is 0 Å². The predicted molar refractivity (Wildman–Crippen MR) is 56.3 cm³/mol. The van der Waals surface area contributed by atoms with Gasteiger partial charge >= 0.3 is 0 Å². The first-order valence-corrected chi connectivity index (χ1v) is 5.71. The largest absolute Gasteiger partial charge is 0.348 e. The van der Waals surface area contributed by atoms with E-state index in [2.05, 4.69) is 27.9 Å². The number of anilines is 1. The molecule has 0 amide bonds. The fourth-order valence-corrected chi connectivity index (χ4v) is 2.59. The van der Waals surface area contributed by atoms with Crippen LogP contribution >= 0.6 is 24.0 Å². The van der Waals surface area contributed by atoms with Crippen LogP contribution in [0.2, 0.25) is 0 Å².